The minimum Gasteiger partial charge on any atom is -0.469 e. The summed E-state index contributed by atoms with van der Waals surface area (Å²) >= 11 is 0. The number of methoxy groups -OCH3 is 1. The normalized spacial score (nSPS) is 17.4. The highest BCUT2D eigenvalue weighted by Gasteiger charge is 2.41. The molecule has 2 aliphatic rings. The summed E-state index contributed by atoms with van der Waals surface area (Å²) in [7, 11) is 1.38. The number of rotatable bonds is 7. The smallest absolute Gasteiger partial charge is 0.310 e. The van der Waals surface area contributed by atoms with Gasteiger partial charge in [0.15, 0.2) is 5.82 Å². The second-order valence-electron chi connectivity index (χ2n) is 12.4. The lowest BCUT2D eigenvalue weighted by Crippen LogP contribution is -2.61. The van der Waals surface area contributed by atoms with Gasteiger partial charge in [0.25, 0.3) is 5.91 Å². The predicted octanol–water partition coefficient (Wildman–Crippen LogP) is 3.98. The third-order valence-electron chi connectivity index (χ3n) is 8.15. The standard InChI is InChI=1S/C32H40N6O3/c1-22-7-9-23(10-8-22)13-14-37-20-31(2,3)28-29(37)34-19-25(35-28)30(40)38-16-15-36(21-32(38,4)5)26-12-11-24(18-33-26)17-27(39)41-6/h7-12,18-19H,13-17,20-21H2,1-6H3. The third-order valence-corrected chi connectivity index (χ3v) is 8.15. The average Bonchev–Trinajstić information content (AvgIpc) is 3.21. The monoisotopic (exact) mass is 556 g/mol. The van der Waals surface area contributed by atoms with E-state index in [9.17, 15) is 9.59 Å². The lowest BCUT2D eigenvalue weighted by atomic mass is 9.92. The Balaban J connectivity index is 1.27. The van der Waals surface area contributed by atoms with Crippen molar-refractivity contribution in [1.29, 1.82) is 0 Å². The number of hydrogen-bond acceptors (Lipinski definition) is 8. The summed E-state index contributed by atoms with van der Waals surface area (Å²) in [5.41, 5.74) is 4.00. The Kier molecular flexibility index (Phi) is 7.72. The lowest BCUT2D eigenvalue weighted by molar-refractivity contribution is -0.139. The van der Waals surface area contributed by atoms with Gasteiger partial charge >= 0.3 is 5.97 Å². The Bertz CT molecular complexity index is 1420. The number of anilines is 2. The van der Waals surface area contributed by atoms with Crippen LogP contribution in [0.5, 0.6) is 0 Å². The van der Waals surface area contributed by atoms with Crippen LogP contribution in [0, 0.1) is 6.92 Å². The van der Waals surface area contributed by atoms with Gasteiger partial charge in [-0.25, -0.2) is 15.0 Å². The van der Waals surface area contributed by atoms with Crippen molar-refractivity contribution in [1.82, 2.24) is 19.9 Å². The first kappa shape index (κ1) is 28.5. The zero-order valence-electron chi connectivity index (χ0n) is 25.0. The molecule has 3 aromatic rings. The van der Waals surface area contributed by atoms with Crippen LogP contribution in [0.25, 0.3) is 0 Å². The van der Waals surface area contributed by atoms with Gasteiger partial charge < -0.3 is 19.4 Å². The quantitative estimate of drug-likeness (QED) is 0.404. The number of aromatic nitrogens is 3. The molecule has 2 aromatic heterocycles. The first-order valence-electron chi connectivity index (χ1n) is 14.2. The van der Waals surface area contributed by atoms with Crippen LogP contribution in [-0.4, -0.2) is 77.1 Å². The summed E-state index contributed by atoms with van der Waals surface area (Å²) in [6.45, 7) is 14.1. The first-order chi connectivity index (χ1) is 19.5. The first-order valence-corrected chi connectivity index (χ1v) is 14.2. The molecule has 5 rings (SSSR count). The fourth-order valence-corrected chi connectivity index (χ4v) is 5.81. The van der Waals surface area contributed by atoms with Crippen LogP contribution in [0.3, 0.4) is 0 Å². The molecule has 41 heavy (non-hydrogen) atoms. The maximum atomic E-state index is 13.8. The molecule has 9 nitrogen and oxygen atoms in total. The van der Waals surface area contributed by atoms with E-state index in [-0.39, 0.29) is 23.7 Å². The molecule has 1 aromatic carbocycles. The van der Waals surface area contributed by atoms with Crippen LogP contribution in [0.15, 0.2) is 48.8 Å². The molecule has 0 unspecified atom stereocenters. The Morgan fingerprint density at radius 2 is 1.66 bits per heavy atom. The van der Waals surface area contributed by atoms with E-state index in [4.69, 9.17) is 14.7 Å². The predicted molar refractivity (Wildman–Crippen MR) is 159 cm³/mol. The molecule has 0 bridgehead atoms. The van der Waals surface area contributed by atoms with Crippen molar-refractivity contribution in [2.24, 2.45) is 0 Å². The molecule has 0 atom stereocenters. The van der Waals surface area contributed by atoms with Crippen molar-refractivity contribution in [2.45, 2.75) is 58.4 Å². The molecule has 0 radical (unpaired) electrons. The SMILES string of the molecule is COC(=O)Cc1ccc(N2CCN(C(=O)c3cnc4c(n3)C(C)(C)CN4CCc3ccc(C)cc3)C(C)(C)C2)nc1. The third kappa shape index (κ3) is 6.04. The molecule has 0 aliphatic carbocycles. The van der Waals surface area contributed by atoms with E-state index in [1.807, 2.05) is 17.0 Å². The molecule has 2 aliphatic heterocycles. The fourth-order valence-electron chi connectivity index (χ4n) is 5.81. The molecule has 9 heteroatoms. The van der Waals surface area contributed by atoms with Gasteiger partial charge in [-0.05, 0) is 44.4 Å². The Hall–Kier alpha value is -4.01. The number of piperazine rings is 1. The number of ether oxygens (including phenoxy) is 1. The molecular formula is C32H40N6O3. The van der Waals surface area contributed by atoms with Crippen LogP contribution in [-0.2, 0) is 27.8 Å². The summed E-state index contributed by atoms with van der Waals surface area (Å²) in [6.07, 6.45) is 4.48. The minimum absolute atomic E-state index is 0.0970. The lowest BCUT2D eigenvalue weighted by Gasteiger charge is -2.47. The number of fused-ring (bicyclic) bond motifs is 1. The van der Waals surface area contributed by atoms with Crippen molar-refractivity contribution in [3.05, 3.63) is 76.9 Å². The molecule has 1 saturated heterocycles. The molecular weight excluding hydrogens is 516 g/mol. The number of hydrogen-bond donors (Lipinski definition) is 0. The van der Waals surface area contributed by atoms with Gasteiger partial charge in [0.2, 0.25) is 0 Å². The molecule has 4 heterocycles. The van der Waals surface area contributed by atoms with Gasteiger partial charge in [0.1, 0.15) is 11.5 Å². The van der Waals surface area contributed by atoms with Crippen LogP contribution < -0.4 is 9.80 Å². The van der Waals surface area contributed by atoms with E-state index in [0.29, 0.717) is 25.3 Å². The fraction of sp³-hybridized carbons (Fsp3) is 0.469. The number of amides is 1. The summed E-state index contributed by atoms with van der Waals surface area (Å²) < 4.78 is 4.74. The highest BCUT2D eigenvalue weighted by atomic mass is 16.5. The maximum absolute atomic E-state index is 13.8. The van der Waals surface area contributed by atoms with Crippen LogP contribution >= 0.6 is 0 Å². The van der Waals surface area contributed by atoms with Crippen LogP contribution in [0.1, 0.15) is 60.6 Å². The van der Waals surface area contributed by atoms with E-state index in [1.165, 1.54) is 18.2 Å². The molecule has 1 amide bonds. The topological polar surface area (TPSA) is 91.8 Å². The molecule has 0 N–H and O–H groups in total. The van der Waals surface area contributed by atoms with Crippen molar-refractivity contribution < 1.29 is 14.3 Å². The summed E-state index contributed by atoms with van der Waals surface area (Å²) in [5.74, 6) is 1.31. The van der Waals surface area contributed by atoms with Gasteiger partial charge in [-0.3, -0.25) is 9.59 Å². The Labute approximate surface area is 242 Å². The maximum Gasteiger partial charge on any atom is 0.310 e. The van der Waals surface area contributed by atoms with Gasteiger partial charge in [0.05, 0.1) is 31.0 Å². The number of carbonyl (C=O) groups is 2. The van der Waals surface area contributed by atoms with E-state index in [0.717, 1.165) is 42.4 Å². The van der Waals surface area contributed by atoms with Crippen molar-refractivity contribution in [3.63, 3.8) is 0 Å². The average molecular weight is 557 g/mol. The summed E-state index contributed by atoms with van der Waals surface area (Å²) in [6, 6.07) is 12.5. The van der Waals surface area contributed by atoms with E-state index in [2.05, 4.69) is 73.7 Å². The highest BCUT2D eigenvalue weighted by Crippen LogP contribution is 2.38. The molecule has 216 valence electrons. The summed E-state index contributed by atoms with van der Waals surface area (Å²) in [4.78, 5) is 46.0. The number of nitrogens with zero attached hydrogens (tertiary/aromatic N) is 6. The number of benzene rings is 1. The van der Waals surface area contributed by atoms with Gasteiger partial charge in [-0.1, -0.05) is 49.7 Å². The zero-order chi connectivity index (χ0) is 29.4. The largest absolute Gasteiger partial charge is 0.469 e. The Morgan fingerprint density at radius 3 is 2.32 bits per heavy atom. The van der Waals surface area contributed by atoms with Gasteiger partial charge in [0, 0.05) is 44.3 Å². The van der Waals surface area contributed by atoms with E-state index < -0.39 is 5.54 Å². The minimum atomic E-state index is -0.446. The second kappa shape index (κ2) is 11.1. The number of aryl methyl sites for hydroxylation is 1. The summed E-state index contributed by atoms with van der Waals surface area (Å²) in [5, 5.41) is 0. The van der Waals surface area contributed by atoms with Crippen molar-refractivity contribution in [2.75, 3.05) is 49.6 Å². The van der Waals surface area contributed by atoms with Crippen molar-refractivity contribution in [3.8, 4) is 0 Å². The highest BCUT2D eigenvalue weighted by molar-refractivity contribution is 5.93. The molecule has 0 spiro atoms. The molecule has 0 saturated carbocycles. The van der Waals surface area contributed by atoms with Gasteiger partial charge in [-0.2, -0.15) is 0 Å². The number of pyridine rings is 1. The van der Waals surface area contributed by atoms with Crippen LogP contribution in [0.2, 0.25) is 0 Å². The van der Waals surface area contributed by atoms with Gasteiger partial charge in [-0.15, -0.1) is 0 Å². The Morgan fingerprint density at radius 1 is 0.927 bits per heavy atom. The van der Waals surface area contributed by atoms with Crippen LogP contribution in [0.4, 0.5) is 11.6 Å². The second-order valence-corrected chi connectivity index (χ2v) is 12.4. The van der Waals surface area contributed by atoms with Crippen molar-refractivity contribution >= 4 is 23.5 Å². The molecule has 1 fully saturated rings. The van der Waals surface area contributed by atoms with E-state index in [1.54, 1.807) is 12.4 Å². The van der Waals surface area contributed by atoms with E-state index >= 15 is 0 Å². The number of esters is 1. The number of carbonyl (C=O) groups excluding carboxylic acids is 2. The zero-order valence-corrected chi connectivity index (χ0v) is 25.0.